The molecular formula is C18H22Cl2N4O3S3. The van der Waals surface area contributed by atoms with Crippen molar-refractivity contribution >= 4 is 67.4 Å². The highest BCUT2D eigenvalue weighted by Gasteiger charge is 2.33. The van der Waals surface area contributed by atoms with Gasteiger partial charge < -0.3 is 5.32 Å². The molecule has 0 bridgehead atoms. The minimum Gasteiger partial charge on any atom is -0.300 e. The van der Waals surface area contributed by atoms with E-state index in [4.69, 9.17) is 23.2 Å². The fourth-order valence-electron chi connectivity index (χ4n) is 3.07. The minimum atomic E-state index is -3.67. The summed E-state index contributed by atoms with van der Waals surface area (Å²) in [7, 11) is -3.67. The smallest absolute Gasteiger partial charge is 0.230 e. The number of anilines is 1. The molecule has 3 rings (SSSR count). The van der Waals surface area contributed by atoms with Gasteiger partial charge in [-0.3, -0.25) is 4.79 Å². The fourth-order valence-corrected chi connectivity index (χ4v) is 7.11. The molecule has 2 aromatic rings. The topological polar surface area (TPSA) is 92.3 Å². The Morgan fingerprint density at radius 1 is 1.33 bits per heavy atom. The molecule has 0 aliphatic carbocycles. The van der Waals surface area contributed by atoms with Crippen LogP contribution in [-0.2, 0) is 20.6 Å². The number of halogens is 2. The van der Waals surface area contributed by atoms with Crippen molar-refractivity contribution in [1.29, 1.82) is 0 Å². The number of thioether (sulfide) groups is 1. The van der Waals surface area contributed by atoms with Gasteiger partial charge >= 0.3 is 0 Å². The maximum atomic E-state index is 12.9. The molecule has 1 unspecified atom stereocenters. The number of nitrogens with zero attached hydrogens (tertiary/aromatic N) is 3. The van der Waals surface area contributed by atoms with Crippen LogP contribution in [0.1, 0.15) is 31.7 Å². The Kier molecular flexibility index (Phi) is 8.39. The van der Waals surface area contributed by atoms with Gasteiger partial charge in [-0.2, -0.15) is 0 Å². The summed E-state index contributed by atoms with van der Waals surface area (Å²) >= 11 is 15.2. The third-order valence-electron chi connectivity index (χ3n) is 4.60. The Balaban J connectivity index is 1.64. The number of amides is 1. The van der Waals surface area contributed by atoms with E-state index in [0.717, 1.165) is 16.5 Å². The quantitative estimate of drug-likeness (QED) is 0.415. The summed E-state index contributed by atoms with van der Waals surface area (Å²) in [5.41, 5.74) is 0.373. The molecule has 1 aromatic carbocycles. The lowest BCUT2D eigenvalue weighted by molar-refractivity contribution is -0.120. The summed E-state index contributed by atoms with van der Waals surface area (Å²) in [5.74, 6) is -0.0541. The monoisotopic (exact) mass is 508 g/mol. The molecule has 0 radical (unpaired) electrons. The van der Waals surface area contributed by atoms with Gasteiger partial charge in [0.15, 0.2) is 4.34 Å². The van der Waals surface area contributed by atoms with Gasteiger partial charge in [0, 0.05) is 34.5 Å². The van der Waals surface area contributed by atoms with Crippen LogP contribution in [0.4, 0.5) is 5.13 Å². The van der Waals surface area contributed by atoms with Crippen molar-refractivity contribution in [3.05, 3.63) is 33.8 Å². The number of sulfonamides is 1. The lowest BCUT2D eigenvalue weighted by atomic mass is 9.99. The van der Waals surface area contributed by atoms with Crippen molar-refractivity contribution in [1.82, 2.24) is 14.5 Å². The number of benzene rings is 1. The highest BCUT2D eigenvalue weighted by molar-refractivity contribution is 8.01. The molecule has 1 amide bonds. The van der Waals surface area contributed by atoms with Crippen molar-refractivity contribution < 1.29 is 13.2 Å². The van der Waals surface area contributed by atoms with Gasteiger partial charge in [0.1, 0.15) is 0 Å². The molecule has 1 atom stereocenters. The second-order valence-electron chi connectivity index (χ2n) is 6.86. The number of nitrogens with one attached hydrogen (secondary N) is 1. The first-order valence-electron chi connectivity index (χ1n) is 9.48. The Morgan fingerprint density at radius 3 is 2.77 bits per heavy atom. The first-order chi connectivity index (χ1) is 14.3. The Bertz CT molecular complexity index is 980. The molecule has 2 heterocycles. The highest BCUT2D eigenvalue weighted by Crippen LogP contribution is 2.30. The van der Waals surface area contributed by atoms with E-state index in [0.29, 0.717) is 40.1 Å². The van der Waals surface area contributed by atoms with Crippen LogP contribution in [-0.4, -0.2) is 47.7 Å². The van der Waals surface area contributed by atoms with Crippen molar-refractivity contribution in [2.45, 2.75) is 36.3 Å². The molecule has 1 fully saturated rings. The SMILES string of the molecule is CCCSc1nnc(NC(=O)C2CCCN(S(=O)(=O)Cc3c(Cl)cccc3Cl)C2)s1. The average Bonchev–Trinajstić information content (AvgIpc) is 3.16. The molecule has 0 saturated carbocycles. The van der Waals surface area contributed by atoms with Crippen LogP contribution in [0.2, 0.25) is 10.0 Å². The zero-order chi connectivity index (χ0) is 21.7. The molecule has 164 valence electrons. The van der Waals surface area contributed by atoms with Gasteiger partial charge in [-0.1, -0.05) is 59.3 Å². The van der Waals surface area contributed by atoms with Crippen LogP contribution in [0.5, 0.6) is 0 Å². The van der Waals surface area contributed by atoms with Crippen LogP contribution in [0.15, 0.2) is 22.5 Å². The largest absolute Gasteiger partial charge is 0.300 e. The zero-order valence-corrected chi connectivity index (χ0v) is 20.3. The van der Waals surface area contributed by atoms with Crippen molar-refractivity contribution in [3.63, 3.8) is 0 Å². The van der Waals surface area contributed by atoms with E-state index in [1.54, 1.807) is 30.0 Å². The van der Waals surface area contributed by atoms with Gasteiger partial charge in [0.25, 0.3) is 0 Å². The maximum Gasteiger partial charge on any atom is 0.230 e. The molecule has 1 aliphatic heterocycles. The van der Waals surface area contributed by atoms with Gasteiger partial charge in [0.05, 0.1) is 11.7 Å². The third kappa shape index (κ3) is 6.08. The molecule has 1 aromatic heterocycles. The summed E-state index contributed by atoms with van der Waals surface area (Å²) in [6, 6.07) is 4.89. The van der Waals surface area contributed by atoms with Crippen LogP contribution in [0, 0.1) is 5.92 Å². The van der Waals surface area contributed by atoms with Crippen LogP contribution >= 0.6 is 46.3 Å². The Morgan fingerprint density at radius 2 is 2.07 bits per heavy atom. The van der Waals surface area contributed by atoms with E-state index in [2.05, 4.69) is 22.4 Å². The predicted octanol–water partition coefficient (Wildman–Crippen LogP) is 4.53. The predicted molar refractivity (Wildman–Crippen MR) is 123 cm³/mol. The standard InChI is InChI=1S/C18H22Cl2N4O3S3/c1-2-9-28-18-23-22-17(29-18)21-16(25)12-5-4-8-24(10-12)30(26,27)11-13-14(19)6-3-7-15(13)20/h3,6-7,12H,2,4-5,8-11H2,1H3,(H,21,22,25). The van der Waals surface area contributed by atoms with E-state index >= 15 is 0 Å². The van der Waals surface area contributed by atoms with Crippen LogP contribution in [0.25, 0.3) is 0 Å². The molecule has 30 heavy (non-hydrogen) atoms. The van der Waals surface area contributed by atoms with Crippen LogP contribution < -0.4 is 5.32 Å². The molecule has 7 nitrogen and oxygen atoms in total. The maximum absolute atomic E-state index is 12.9. The molecule has 1 aliphatic rings. The molecule has 12 heteroatoms. The van der Waals surface area contributed by atoms with E-state index < -0.39 is 15.9 Å². The lowest BCUT2D eigenvalue weighted by Crippen LogP contribution is -2.44. The lowest BCUT2D eigenvalue weighted by Gasteiger charge is -2.31. The van der Waals surface area contributed by atoms with Gasteiger partial charge in [-0.05, 0) is 31.4 Å². The molecule has 1 N–H and O–H groups in total. The Hall–Kier alpha value is -0.910. The van der Waals surface area contributed by atoms with E-state index in [-0.39, 0.29) is 18.2 Å². The average molecular weight is 510 g/mol. The number of rotatable bonds is 8. The normalized spacial score (nSPS) is 17.8. The fraction of sp³-hybridized carbons (Fsp3) is 0.500. The zero-order valence-electron chi connectivity index (χ0n) is 16.3. The summed E-state index contributed by atoms with van der Waals surface area (Å²) in [5, 5.41) is 11.9. The number of carbonyl (C=O) groups excluding carboxylic acids is 1. The first-order valence-corrected chi connectivity index (χ1v) is 13.6. The van der Waals surface area contributed by atoms with E-state index in [1.165, 1.54) is 15.6 Å². The summed E-state index contributed by atoms with van der Waals surface area (Å²) in [4.78, 5) is 12.7. The van der Waals surface area contributed by atoms with Crippen LogP contribution in [0.3, 0.4) is 0 Å². The van der Waals surface area contributed by atoms with Gasteiger partial charge in [-0.15, -0.1) is 10.2 Å². The van der Waals surface area contributed by atoms with Gasteiger partial charge in [0.2, 0.25) is 21.1 Å². The highest BCUT2D eigenvalue weighted by atomic mass is 35.5. The number of hydrogen-bond donors (Lipinski definition) is 1. The minimum absolute atomic E-state index is 0.118. The van der Waals surface area contributed by atoms with Gasteiger partial charge in [-0.25, -0.2) is 12.7 Å². The number of hydrogen-bond acceptors (Lipinski definition) is 7. The third-order valence-corrected chi connectivity index (χ3v) is 9.26. The summed E-state index contributed by atoms with van der Waals surface area (Å²) in [6.07, 6.45) is 2.24. The van der Waals surface area contributed by atoms with Crippen molar-refractivity contribution in [3.8, 4) is 0 Å². The summed E-state index contributed by atoms with van der Waals surface area (Å²) in [6.45, 7) is 2.57. The second-order valence-corrected chi connectivity index (χ2v) is 12.0. The van der Waals surface area contributed by atoms with Crippen molar-refractivity contribution in [2.24, 2.45) is 5.92 Å². The number of piperidine rings is 1. The number of carbonyl (C=O) groups is 1. The molecule has 0 spiro atoms. The Labute approximate surface area is 194 Å². The van der Waals surface area contributed by atoms with E-state index in [1.807, 2.05) is 0 Å². The van der Waals surface area contributed by atoms with E-state index in [9.17, 15) is 13.2 Å². The van der Waals surface area contributed by atoms with Crippen molar-refractivity contribution in [2.75, 3.05) is 24.2 Å². The second kappa shape index (κ2) is 10.6. The molecule has 1 saturated heterocycles. The number of aromatic nitrogens is 2. The molecular weight excluding hydrogens is 487 g/mol. The summed E-state index contributed by atoms with van der Waals surface area (Å²) < 4.78 is 28.0. The first kappa shape index (κ1) is 23.7.